The zero-order chi connectivity index (χ0) is 19.6. The summed E-state index contributed by atoms with van der Waals surface area (Å²) in [6.45, 7) is 10.9. The van der Waals surface area contributed by atoms with Crippen LogP contribution in [0.5, 0.6) is 0 Å². The fraction of sp³-hybridized carbons (Fsp3) is 0.474. The molecule has 7 heteroatoms. The quantitative estimate of drug-likeness (QED) is 0.277. The van der Waals surface area contributed by atoms with Gasteiger partial charge in [0.2, 0.25) is 0 Å². The van der Waals surface area contributed by atoms with Crippen LogP contribution in [0.3, 0.4) is 0 Å². The van der Waals surface area contributed by atoms with Gasteiger partial charge in [-0.15, -0.1) is 29.1 Å². The largest absolute Gasteiger partial charge is 0.465 e. The molecular formula is C19H26O4S2Si. The zero-order valence-electron chi connectivity index (χ0n) is 16.0. The molecule has 0 spiro atoms. The van der Waals surface area contributed by atoms with Gasteiger partial charge in [-0.2, -0.15) is 0 Å². The highest BCUT2D eigenvalue weighted by Crippen LogP contribution is 2.29. The highest BCUT2D eigenvalue weighted by Gasteiger charge is 2.11. The van der Waals surface area contributed by atoms with Gasteiger partial charge in [-0.05, 0) is 32.0 Å². The summed E-state index contributed by atoms with van der Waals surface area (Å²) in [7, 11) is -1.50. The summed E-state index contributed by atoms with van der Waals surface area (Å²) in [5.74, 6) is 3.28. The van der Waals surface area contributed by atoms with Crippen LogP contribution in [0.1, 0.15) is 19.4 Å². The monoisotopic (exact) mass is 410 g/mol. The van der Waals surface area contributed by atoms with Crippen molar-refractivity contribution in [3.05, 3.63) is 23.8 Å². The molecule has 0 unspecified atom stereocenters. The number of carbonyl (C=O) groups is 2. The Morgan fingerprint density at radius 3 is 2.12 bits per heavy atom. The van der Waals surface area contributed by atoms with Crippen LogP contribution in [0.25, 0.3) is 0 Å². The lowest BCUT2D eigenvalue weighted by atomic mass is 10.2. The third-order valence-electron chi connectivity index (χ3n) is 2.84. The molecule has 0 amide bonds. The first-order valence-corrected chi connectivity index (χ1v) is 14.0. The molecule has 0 saturated carbocycles. The highest BCUT2D eigenvalue weighted by atomic mass is 32.2. The van der Waals surface area contributed by atoms with Crippen molar-refractivity contribution in [2.75, 3.05) is 24.7 Å². The van der Waals surface area contributed by atoms with E-state index in [-0.39, 0.29) is 23.4 Å². The van der Waals surface area contributed by atoms with E-state index < -0.39 is 8.07 Å². The number of benzene rings is 1. The molecule has 1 aromatic carbocycles. The summed E-state index contributed by atoms with van der Waals surface area (Å²) >= 11 is 2.83. The van der Waals surface area contributed by atoms with E-state index in [4.69, 9.17) is 9.47 Å². The van der Waals surface area contributed by atoms with Crippen molar-refractivity contribution in [3.8, 4) is 11.5 Å². The SMILES string of the molecule is CCOC(=O)CSc1ccc(C#C[Si](C)(C)C)c(SCC(=O)OCC)c1. The van der Waals surface area contributed by atoms with E-state index >= 15 is 0 Å². The second-order valence-corrected chi connectivity index (χ2v) is 13.2. The van der Waals surface area contributed by atoms with Crippen molar-refractivity contribution in [1.29, 1.82) is 0 Å². The average Bonchev–Trinajstić information content (AvgIpc) is 2.57. The summed E-state index contributed by atoms with van der Waals surface area (Å²) < 4.78 is 9.95. The molecule has 0 N–H and O–H groups in total. The Balaban J connectivity index is 2.96. The van der Waals surface area contributed by atoms with Crippen molar-refractivity contribution in [3.63, 3.8) is 0 Å². The fourth-order valence-corrected chi connectivity index (χ4v) is 3.91. The van der Waals surface area contributed by atoms with Crippen molar-refractivity contribution < 1.29 is 19.1 Å². The number of thioether (sulfide) groups is 2. The normalized spacial score (nSPS) is 10.7. The van der Waals surface area contributed by atoms with E-state index in [0.29, 0.717) is 13.2 Å². The maximum absolute atomic E-state index is 11.7. The molecule has 1 aromatic rings. The standard InChI is InChI=1S/C19H26O4S2Si/c1-6-22-18(20)13-24-16-9-8-15(10-11-26(3,4)5)17(12-16)25-14-19(21)23-7-2/h8-9,12H,6-7,13-14H2,1-5H3. The van der Waals surface area contributed by atoms with Gasteiger partial charge in [-0.3, -0.25) is 9.59 Å². The van der Waals surface area contributed by atoms with Crippen molar-refractivity contribution in [2.45, 2.75) is 43.3 Å². The number of hydrogen-bond donors (Lipinski definition) is 0. The zero-order valence-corrected chi connectivity index (χ0v) is 18.6. The number of carbonyl (C=O) groups excluding carboxylic acids is 2. The molecule has 0 aliphatic carbocycles. The lowest BCUT2D eigenvalue weighted by molar-refractivity contribution is -0.140. The van der Waals surface area contributed by atoms with Crippen LogP contribution in [0, 0.1) is 11.5 Å². The second kappa shape index (κ2) is 11.4. The smallest absolute Gasteiger partial charge is 0.316 e. The summed E-state index contributed by atoms with van der Waals surface area (Å²) in [5, 5.41) is 0. The van der Waals surface area contributed by atoms with Gasteiger partial charge in [-0.25, -0.2) is 0 Å². The van der Waals surface area contributed by atoms with Crippen LogP contribution in [-0.4, -0.2) is 44.7 Å². The summed E-state index contributed by atoms with van der Waals surface area (Å²) in [6, 6.07) is 5.88. The first-order chi connectivity index (χ1) is 12.2. The lowest BCUT2D eigenvalue weighted by Crippen LogP contribution is -2.16. The molecule has 0 bridgehead atoms. The topological polar surface area (TPSA) is 52.6 Å². The number of ether oxygens (including phenoxy) is 2. The Labute approximate surface area is 165 Å². The molecule has 0 saturated heterocycles. The summed E-state index contributed by atoms with van der Waals surface area (Å²) in [5.41, 5.74) is 4.26. The maximum atomic E-state index is 11.7. The molecule has 0 aliphatic rings. The highest BCUT2D eigenvalue weighted by molar-refractivity contribution is 8.00. The molecule has 0 atom stereocenters. The van der Waals surface area contributed by atoms with E-state index in [2.05, 4.69) is 31.1 Å². The van der Waals surface area contributed by atoms with Crippen LogP contribution in [-0.2, 0) is 19.1 Å². The van der Waals surface area contributed by atoms with Gasteiger partial charge in [0.1, 0.15) is 8.07 Å². The molecule has 1 rings (SSSR count). The molecule has 0 fully saturated rings. The van der Waals surface area contributed by atoms with Gasteiger partial charge in [0.05, 0.1) is 24.7 Å². The minimum absolute atomic E-state index is 0.235. The summed E-state index contributed by atoms with van der Waals surface area (Å²) in [4.78, 5) is 25.1. The van der Waals surface area contributed by atoms with Crippen molar-refractivity contribution >= 4 is 43.5 Å². The van der Waals surface area contributed by atoms with Crippen molar-refractivity contribution in [1.82, 2.24) is 0 Å². The second-order valence-electron chi connectivity index (χ2n) is 6.35. The van der Waals surface area contributed by atoms with Crippen LogP contribution >= 0.6 is 23.5 Å². The average molecular weight is 411 g/mol. The first-order valence-electron chi connectivity index (χ1n) is 8.49. The Kier molecular flexibility index (Phi) is 9.92. The van der Waals surface area contributed by atoms with Gasteiger partial charge in [0.15, 0.2) is 0 Å². The van der Waals surface area contributed by atoms with Gasteiger partial charge in [0, 0.05) is 15.4 Å². The van der Waals surface area contributed by atoms with Gasteiger partial charge < -0.3 is 9.47 Å². The minimum Gasteiger partial charge on any atom is -0.465 e. The van der Waals surface area contributed by atoms with E-state index in [1.807, 2.05) is 18.2 Å². The maximum Gasteiger partial charge on any atom is 0.316 e. The third kappa shape index (κ3) is 9.37. The molecular weight excluding hydrogens is 384 g/mol. The molecule has 0 aromatic heterocycles. The minimum atomic E-state index is -1.50. The Morgan fingerprint density at radius 1 is 1.00 bits per heavy atom. The van der Waals surface area contributed by atoms with E-state index in [9.17, 15) is 9.59 Å². The molecule has 26 heavy (non-hydrogen) atoms. The number of hydrogen-bond acceptors (Lipinski definition) is 6. The number of esters is 2. The van der Waals surface area contributed by atoms with Crippen LogP contribution in [0.4, 0.5) is 0 Å². The van der Waals surface area contributed by atoms with Crippen LogP contribution in [0.2, 0.25) is 19.6 Å². The Hall–Kier alpha value is -1.36. The Bertz CT molecular complexity index is 687. The fourth-order valence-electron chi connectivity index (χ4n) is 1.75. The lowest BCUT2D eigenvalue weighted by Gasteiger charge is -2.09. The molecule has 142 valence electrons. The van der Waals surface area contributed by atoms with Crippen LogP contribution < -0.4 is 0 Å². The molecule has 0 aliphatic heterocycles. The van der Waals surface area contributed by atoms with Gasteiger partial charge in [-0.1, -0.05) is 25.6 Å². The predicted octanol–water partition coefficient (Wildman–Crippen LogP) is 4.23. The number of rotatable bonds is 8. The predicted molar refractivity (Wildman–Crippen MR) is 111 cm³/mol. The molecule has 0 heterocycles. The summed E-state index contributed by atoms with van der Waals surface area (Å²) in [6.07, 6.45) is 0. The third-order valence-corrected chi connectivity index (χ3v) is 5.71. The first kappa shape index (κ1) is 22.7. The van der Waals surface area contributed by atoms with E-state index in [0.717, 1.165) is 15.4 Å². The van der Waals surface area contributed by atoms with E-state index in [1.165, 1.54) is 23.5 Å². The van der Waals surface area contributed by atoms with Gasteiger partial charge >= 0.3 is 11.9 Å². The van der Waals surface area contributed by atoms with Crippen LogP contribution in [0.15, 0.2) is 28.0 Å². The van der Waals surface area contributed by atoms with Crippen molar-refractivity contribution in [2.24, 2.45) is 0 Å². The van der Waals surface area contributed by atoms with Gasteiger partial charge in [0.25, 0.3) is 0 Å². The Morgan fingerprint density at radius 2 is 1.58 bits per heavy atom. The molecule has 4 nitrogen and oxygen atoms in total. The molecule has 0 radical (unpaired) electrons. The van der Waals surface area contributed by atoms with E-state index in [1.54, 1.807) is 13.8 Å².